The van der Waals surface area contributed by atoms with Crippen LogP contribution in [0.5, 0.6) is 5.75 Å². The van der Waals surface area contributed by atoms with Crippen molar-refractivity contribution in [1.29, 1.82) is 0 Å². The summed E-state index contributed by atoms with van der Waals surface area (Å²) in [5.41, 5.74) is 0. The maximum atomic E-state index is 12.1. The van der Waals surface area contributed by atoms with Crippen LogP contribution in [0.15, 0.2) is 47.4 Å². The van der Waals surface area contributed by atoms with Crippen LogP contribution in [-0.4, -0.2) is 66.0 Å². The Morgan fingerprint density at radius 2 is 1.77 bits per heavy atom. The van der Waals surface area contributed by atoms with Crippen molar-refractivity contribution in [2.45, 2.75) is 4.90 Å². The molecule has 0 saturated carbocycles. The first-order chi connectivity index (χ1) is 10.3. The number of hydrogen-bond acceptors (Lipinski definition) is 4. The first-order valence-electron chi connectivity index (χ1n) is 5.94. The van der Waals surface area contributed by atoms with E-state index in [1.165, 1.54) is 15.3 Å². The van der Waals surface area contributed by atoms with E-state index in [4.69, 9.17) is 4.74 Å². The minimum atomic E-state index is -3.92. The molecule has 2 rings (SSSR count). The summed E-state index contributed by atoms with van der Waals surface area (Å²) < 4.78 is 34.3. The van der Waals surface area contributed by atoms with Crippen LogP contribution in [-0.2, 0) is 10.0 Å². The molecule has 0 saturated heterocycles. The van der Waals surface area contributed by atoms with Crippen molar-refractivity contribution in [2.24, 2.45) is 0 Å². The third-order valence-corrected chi connectivity index (χ3v) is 7.65. The predicted molar refractivity (Wildman–Crippen MR) is 92.7 cm³/mol. The van der Waals surface area contributed by atoms with E-state index in [-0.39, 0.29) is 4.90 Å². The number of carbonyl (C=O) groups excluding carboxylic acids is 1. The van der Waals surface area contributed by atoms with E-state index >= 15 is 0 Å². The van der Waals surface area contributed by atoms with E-state index in [0.29, 0.717) is 57.3 Å². The number of benzene rings is 2. The molecule has 2 aromatic carbocycles. The molecule has 0 aromatic heterocycles. The van der Waals surface area contributed by atoms with Gasteiger partial charge in [0, 0.05) is 0 Å². The Kier molecular flexibility index (Phi) is 6.64. The van der Waals surface area contributed by atoms with Gasteiger partial charge in [0.1, 0.15) is 0 Å². The van der Waals surface area contributed by atoms with Crippen LogP contribution in [0.4, 0.5) is 4.79 Å². The van der Waals surface area contributed by atoms with Crippen molar-refractivity contribution in [2.75, 3.05) is 0 Å². The second kappa shape index (κ2) is 7.87. The number of ether oxygens (including phenoxy) is 1. The van der Waals surface area contributed by atoms with Crippen LogP contribution < -0.4 is 15.7 Å². The summed E-state index contributed by atoms with van der Waals surface area (Å²) in [6.45, 7) is 0. The zero-order valence-corrected chi connectivity index (χ0v) is 23.1. The van der Waals surface area contributed by atoms with E-state index < -0.39 is 16.1 Å². The zero-order valence-electron chi connectivity index (χ0n) is 11.1. The average molecular weight is 810 g/mol. The Hall–Kier alpha value is 0.234. The molecule has 0 fully saturated rings. The first kappa shape index (κ1) is 18.6. The standard InChI is InChI=1S/C13H8INO4S.2Tl/c14-11-8-4-5-9-12(11)19-13(16)15-20(17,18)10-6-2-1-3-7-10;;/h1-3,5-8H,(H,15,16);;. The Bertz CT molecular complexity index is 789. The number of sulfonamides is 1. The second-order valence-electron chi connectivity index (χ2n) is 4.23. The molecule has 0 spiro atoms. The fourth-order valence-electron chi connectivity index (χ4n) is 1.63. The van der Waals surface area contributed by atoms with Gasteiger partial charge in [-0.2, -0.15) is 0 Å². The van der Waals surface area contributed by atoms with Crippen LogP contribution in [0.2, 0.25) is 0 Å². The molecule has 0 aliphatic carbocycles. The molecular weight excluding hydrogens is 802 g/mol. The number of halogens is 1. The Morgan fingerprint density at radius 3 is 2.36 bits per heavy atom. The Labute approximate surface area is 173 Å². The predicted octanol–water partition coefficient (Wildman–Crippen LogP) is 0.356. The van der Waals surface area contributed by atoms with Gasteiger partial charge in [0.25, 0.3) is 0 Å². The third kappa shape index (κ3) is 4.86. The zero-order chi connectivity index (χ0) is 16.3. The van der Waals surface area contributed by atoms with Gasteiger partial charge in [0.05, 0.1) is 0 Å². The van der Waals surface area contributed by atoms with Gasteiger partial charge < -0.3 is 0 Å². The van der Waals surface area contributed by atoms with E-state index in [2.05, 4.69) is 22.6 Å². The summed E-state index contributed by atoms with van der Waals surface area (Å²) in [4.78, 5) is 11.9. The fourth-order valence-corrected chi connectivity index (χ4v) is 11.6. The van der Waals surface area contributed by atoms with Gasteiger partial charge >= 0.3 is 176 Å². The van der Waals surface area contributed by atoms with Crippen molar-refractivity contribution in [3.05, 3.63) is 46.0 Å². The molecule has 9 heteroatoms. The molecule has 22 heavy (non-hydrogen) atoms. The molecule has 0 atom stereocenters. The van der Waals surface area contributed by atoms with Crippen molar-refractivity contribution >= 4 is 96.5 Å². The van der Waals surface area contributed by atoms with Crippen LogP contribution >= 0.6 is 22.6 Å². The minimum absolute atomic E-state index is 0.0192. The molecular formula is C13H8INO4STl2. The van der Waals surface area contributed by atoms with Crippen molar-refractivity contribution in [3.63, 3.8) is 0 Å². The topological polar surface area (TPSA) is 72.5 Å². The van der Waals surface area contributed by atoms with Gasteiger partial charge in [-0.25, -0.2) is 0 Å². The summed E-state index contributed by atoms with van der Waals surface area (Å²) in [7, 11) is -3.92. The maximum absolute atomic E-state index is 12.1. The van der Waals surface area contributed by atoms with Gasteiger partial charge in [-0.15, -0.1) is 0 Å². The Morgan fingerprint density at radius 1 is 1.14 bits per heavy atom. The molecule has 2 aromatic rings. The molecule has 1 N–H and O–H groups in total. The molecule has 0 bridgehead atoms. The van der Waals surface area contributed by atoms with Crippen molar-refractivity contribution < 1.29 is 17.9 Å². The van der Waals surface area contributed by atoms with Crippen molar-refractivity contribution in [3.8, 4) is 5.75 Å². The van der Waals surface area contributed by atoms with Crippen LogP contribution in [0, 0.1) is 3.57 Å². The molecule has 0 aliphatic rings. The van der Waals surface area contributed by atoms with Crippen LogP contribution in [0.1, 0.15) is 0 Å². The normalized spacial score (nSPS) is 10.9. The fraction of sp³-hybridized carbons (Fsp3) is 0. The quantitative estimate of drug-likeness (QED) is 0.360. The monoisotopic (exact) mass is 811 g/mol. The summed E-state index contributed by atoms with van der Waals surface area (Å²) in [5, 5.41) is 0. The molecule has 0 radical (unpaired) electrons. The van der Waals surface area contributed by atoms with E-state index in [9.17, 15) is 13.2 Å². The molecule has 108 valence electrons. The first-order valence-corrected chi connectivity index (χ1v) is 13.0. The molecule has 0 heterocycles. The van der Waals surface area contributed by atoms with Gasteiger partial charge in [-0.05, 0) is 0 Å². The average Bonchev–Trinajstić information content (AvgIpc) is 2.43. The SMILES string of the molecule is O=C(NS(=O)(=O)c1ccccc1)Oc1c(I)c[c]([Tl])c[c]1[Tl]. The summed E-state index contributed by atoms with van der Waals surface area (Å²) in [6.07, 6.45) is -0.993. The summed E-state index contributed by atoms with van der Waals surface area (Å²) >= 11 is 3.29. The molecule has 1 amide bonds. The molecule has 0 aliphatic heterocycles. The number of carbonyl (C=O) groups is 1. The Balaban J connectivity index is 2.18. The van der Waals surface area contributed by atoms with Gasteiger partial charge in [-0.1, -0.05) is 0 Å². The van der Waals surface area contributed by atoms with E-state index in [1.807, 2.05) is 16.9 Å². The molecule has 5 nitrogen and oxygen atoms in total. The van der Waals surface area contributed by atoms with Crippen molar-refractivity contribution in [1.82, 2.24) is 4.72 Å². The number of nitrogens with one attached hydrogen (secondary N) is 1. The van der Waals surface area contributed by atoms with E-state index in [0.717, 1.165) is 6.69 Å². The summed E-state index contributed by atoms with van der Waals surface area (Å²) in [5.74, 6) is 0.454. The summed E-state index contributed by atoms with van der Waals surface area (Å²) in [6, 6.07) is 11.7. The third-order valence-electron chi connectivity index (χ3n) is 2.56. The van der Waals surface area contributed by atoms with E-state index in [1.54, 1.807) is 18.2 Å². The number of amides is 1. The number of rotatable bonds is 3. The van der Waals surface area contributed by atoms with Gasteiger partial charge in [0.2, 0.25) is 0 Å². The van der Waals surface area contributed by atoms with Crippen LogP contribution in [0.25, 0.3) is 0 Å². The second-order valence-corrected chi connectivity index (χ2v) is 12.1. The molecule has 0 unspecified atom stereocenters. The van der Waals surface area contributed by atoms with Crippen LogP contribution in [0.3, 0.4) is 0 Å². The van der Waals surface area contributed by atoms with Gasteiger partial charge in [0.15, 0.2) is 0 Å². The van der Waals surface area contributed by atoms with Gasteiger partial charge in [-0.3, -0.25) is 0 Å². The number of hydrogen-bond donors (Lipinski definition) is 1.